The number of nitrogens with zero attached hydrogens (tertiary/aromatic N) is 1. The summed E-state index contributed by atoms with van der Waals surface area (Å²) in [7, 11) is 0. The van der Waals surface area contributed by atoms with Crippen LogP contribution < -0.4 is 10.9 Å². The molecule has 1 aromatic rings. The van der Waals surface area contributed by atoms with E-state index in [1.54, 1.807) is 4.90 Å². The number of aliphatic carboxylic acids is 1. The van der Waals surface area contributed by atoms with Crippen LogP contribution >= 0.6 is 15.9 Å². The molecule has 0 spiro atoms. The summed E-state index contributed by atoms with van der Waals surface area (Å²) in [5, 5.41) is 9.21. The Morgan fingerprint density at radius 3 is 2.58 bits per heavy atom. The summed E-state index contributed by atoms with van der Waals surface area (Å²) in [5.41, 5.74) is 7.40. The molecule has 1 amide bonds. The molecule has 5 unspecified atom stereocenters. The first-order chi connectivity index (χ1) is 11.5. The fourth-order valence-electron chi connectivity index (χ4n) is 3.57. The minimum absolute atomic E-state index is 0.00846. The lowest BCUT2D eigenvalue weighted by Gasteiger charge is -2.36. The second-order valence-corrected chi connectivity index (χ2v) is 7.65. The number of carbonyl (C=O) groups is 2. The third kappa shape index (κ3) is 3.34. The van der Waals surface area contributed by atoms with Gasteiger partial charge >= 0.3 is 5.97 Å². The van der Waals surface area contributed by atoms with E-state index in [2.05, 4.69) is 26.8 Å². The van der Waals surface area contributed by atoms with E-state index in [0.29, 0.717) is 19.5 Å². The van der Waals surface area contributed by atoms with Gasteiger partial charge < -0.3 is 10.0 Å². The van der Waals surface area contributed by atoms with Crippen LogP contribution in [0.25, 0.3) is 0 Å². The van der Waals surface area contributed by atoms with Gasteiger partial charge in [-0.15, -0.1) is 0 Å². The van der Waals surface area contributed by atoms with Crippen molar-refractivity contribution in [3.8, 4) is 0 Å². The van der Waals surface area contributed by atoms with Crippen molar-refractivity contribution in [3.63, 3.8) is 0 Å². The smallest absolute Gasteiger partial charge is 0.306 e. The summed E-state index contributed by atoms with van der Waals surface area (Å²) < 4.78 is 0. The third-order valence-electron chi connectivity index (χ3n) is 4.99. The molecular weight excluding hydrogens is 374 g/mol. The largest absolute Gasteiger partial charge is 0.481 e. The number of carbonyl (C=O) groups excluding carboxylic acids is 1. The first-order valence-corrected chi connectivity index (χ1v) is 9.12. The minimum atomic E-state index is -0.766. The number of hydrogen-bond acceptors (Lipinski definition) is 4. The Morgan fingerprint density at radius 1 is 1.25 bits per heavy atom. The van der Waals surface area contributed by atoms with E-state index in [0.717, 1.165) is 5.56 Å². The number of halogens is 1. The monoisotopic (exact) mass is 395 g/mol. The number of hydrazine groups is 1. The van der Waals surface area contributed by atoms with Gasteiger partial charge in [0.15, 0.2) is 0 Å². The van der Waals surface area contributed by atoms with Crippen molar-refractivity contribution in [1.29, 1.82) is 0 Å². The summed E-state index contributed by atoms with van der Waals surface area (Å²) in [5.74, 6) is -1.15. The number of likely N-dealkylation sites (tertiary alicyclic amines) is 1. The number of piperidine rings is 1. The van der Waals surface area contributed by atoms with Gasteiger partial charge in [-0.25, -0.2) is 10.9 Å². The first kappa shape index (κ1) is 17.4. The summed E-state index contributed by atoms with van der Waals surface area (Å²) >= 11 is 3.66. The maximum Gasteiger partial charge on any atom is 0.306 e. The van der Waals surface area contributed by atoms with Crippen molar-refractivity contribution in [2.24, 2.45) is 11.8 Å². The number of alkyl halides is 1. The molecule has 2 saturated heterocycles. The molecular formula is C17H22BrN3O3. The minimum Gasteiger partial charge on any atom is -0.481 e. The van der Waals surface area contributed by atoms with Crippen molar-refractivity contribution >= 4 is 27.8 Å². The van der Waals surface area contributed by atoms with Crippen molar-refractivity contribution in [2.45, 2.75) is 30.3 Å². The summed E-state index contributed by atoms with van der Waals surface area (Å²) in [4.78, 5) is 25.8. The van der Waals surface area contributed by atoms with Crippen molar-refractivity contribution in [2.75, 3.05) is 13.1 Å². The van der Waals surface area contributed by atoms with Crippen molar-refractivity contribution in [3.05, 3.63) is 35.9 Å². The molecule has 24 heavy (non-hydrogen) atoms. The van der Waals surface area contributed by atoms with E-state index in [1.165, 1.54) is 0 Å². The van der Waals surface area contributed by atoms with Gasteiger partial charge in [-0.2, -0.15) is 0 Å². The molecule has 3 rings (SSSR count). The van der Waals surface area contributed by atoms with Crippen LogP contribution in [0.5, 0.6) is 0 Å². The number of amides is 1. The predicted octanol–water partition coefficient (Wildman–Crippen LogP) is 1.54. The zero-order valence-corrected chi connectivity index (χ0v) is 15.1. The highest BCUT2D eigenvalue weighted by Gasteiger charge is 2.43. The Labute approximate surface area is 149 Å². The maximum absolute atomic E-state index is 12.9. The summed E-state index contributed by atoms with van der Waals surface area (Å²) in [6.07, 6.45) is 0.511. The van der Waals surface area contributed by atoms with Crippen LogP contribution in [0, 0.1) is 11.8 Å². The Morgan fingerprint density at radius 2 is 1.96 bits per heavy atom. The standard InChI is InChI=1S/C17H22BrN3O3/c1-10-9-21(8-7-12(10)17(23)24)16(22)15-13(18)14(19-20-15)11-5-3-2-4-6-11/h2-6,10,12-15,19-20H,7-9H2,1H3,(H,23,24). The molecule has 130 valence electrons. The van der Waals surface area contributed by atoms with Gasteiger partial charge in [-0.05, 0) is 17.9 Å². The van der Waals surface area contributed by atoms with Gasteiger partial charge in [0.1, 0.15) is 6.04 Å². The fraction of sp³-hybridized carbons (Fsp3) is 0.529. The lowest BCUT2D eigenvalue weighted by atomic mass is 9.86. The van der Waals surface area contributed by atoms with Gasteiger partial charge in [0.05, 0.1) is 16.8 Å². The fourth-order valence-corrected chi connectivity index (χ4v) is 4.36. The second-order valence-electron chi connectivity index (χ2n) is 6.59. The molecule has 2 fully saturated rings. The Kier molecular flexibility index (Phi) is 5.22. The van der Waals surface area contributed by atoms with Gasteiger partial charge in [-0.3, -0.25) is 9.59 Å². The Balaban J connectivity index is 1.65. The third-order valence-corrected chi connectivity index (χ3v) is 6.05. The molecule has 2 aliphatic rings. The summed E-state index contributed by atoms with van der Waals surface area (Å²) in [6, 6.07) is 9.61. The lowest BCUT2D eigenvalue weighted by molar-refractivity contribution is -0.148. The molecule has 2 aliphatic heterocycles. The lowest BCUT2D eigenvalue weighted by Crippen LogP contribution is -2.53. The Hall–Kier alpha value is -1.44. The highest BCUT2D eigenvalue weighted by molar-refractivity contribution is 9.09. The van der Waals surface area contributed by atoms with E-state index < -0.39 is 5.97 Å². The van der Waals surface area contributed by atoms with Crippen LogP contribution in [-0.2, 0) is 9.59 Å². The number of hydrogen-bond donors (Lipinski definition) is 3. The molecule has 0 aromatic heterocycles. The average molecular weight is 396 g/mol. The van der Waals surface area contributed by atoms with Crippen LogP contribution in [0.4, 0.5) is 0 Å². The molecule has 6 nitrogen and oxygen atoms in total. The van der Waals surface area contributed by atoms with Crippen LogP contribution in [-0.4, -0.2) is 45.8 Å². The molecule has 5 atom stereocenters. The quantitative estimate of drug-likeness (QED) is 0.676. The molecule has 1 aromatic carbocycles. The number of carboxylic acid groups (broad SMARTS) is 1. The molecule has 0 saturated carbocycles. The van der Waals surface area contributed by atoms with E-state index in [1.807, 2.05) is 37.3 Å². The van der Waals surface area contributed by atoms with Crippen LogP contribution in [0.3, 0.4) is 0 Å². The molecule has 3 N–H and O–H groups in total. The number of carboxylic acids is 1. The molecule has 0 aliphatic carbocycles. The molecule has 0 bridgehead atoms. The van der Waals surface area contributed by atoms with E-state index in [9.17, 15) is 14.7 Å². The molecule has 0 radical (unpaired) electrons. The zero-order valence-electron chi connectivity index (χ0n) is 13.5. The number of nitrogens with one attached hydrogen (secondary N) is 2. The van der Waals surface area contributed by atoms with Crippen LogP contribution in [0.2, 0.25) is 0 Å². The first-order valence-electron chi connectivity index (χ1n) is 8.20. The van der Waals surface area contributed by atoms with E-state index in [4.69, 9.17) is 0 Å². The van der Waals surface area contributed by atoms with Crippen molar-refractivity contribution in [1.82, 2.24) is 15.8 Å². The normalized spacial score (nSPS) is 33.4. The van der Waals surface area contributed by atoms with Gasteiger partial charge in [0.2, 0.25) is 5.91 Å². The number of benzene rings is 1. The average Bonchev–Trinajstić information content (AvgIpc) is 2.96. The highest BCUT2D eigenvalue weighted by Crippen LogP contribution is 2.31. The maximum atomic E-state index is 12.9. The van der Waals surface area contributed by atoms with Crippen LogP contribution in [0.15, 0.2) is 30.3 Å². The SMILES string of the molecule is CC1CN(C(=O)C2NNC(c3ccccc3)C2Br)CCC1C(=O)O. The molecule has 7 heteroatoms. The van der Waals surface area contributed by atoms with Crippen molar-refractivity contribution < 1.29 is 14.7 Å². The van der Waals surface area contributed by atoms with E-state index in [-0.39, 0.29) is 34.7 Å². The predicted molar refractivity (Wildman–Crippen MR) is 93.4 cm³/mol. The summed E-state index contributed by atoms with van der Waals surface area (Å²) in [6.45, 7) is 2.88. The van der Waals surface area contributed by atoms with Gasteiger partial charge in [-0.1, -0.05) is 53.2 Å². The zero-order chi connectivity index (χ0) is 17.3. The second kappa shape index (κ2) is 7.21. The Bertz CT molecular complexity index is 612. The van der Waals surface area contributed by atoms with Gasteiger partial charge in [0, 0.05) is 13.1 Å². The van der Waals surface area contributed by atoms with Gasteiger partial charge in [0.25, 0.3) is 0 Å². The highest BCUT2D eigenvalue weighted by atomic mass is 79.9. The van der Waals surface area contributed by atoms with Crippen LogP contribution in [0.1, 0.15) is 24.9 Å². The topological polar surface area (TPSA) is 81.7 Å². The number of rotatable bonds is 3. The molecule has 2 heterocycles. The van der Waals surface area contributed by atoms with E-state index >= 15 is 0 Å².